The molecule has 1 aromatic carbocycles. The van der Waals surface area contributed by atoms with Crippen molar-refractivity contribution in [1.29, 1.82) is 0 Å². The summed E-state index contributed by atoms with van der Waals surface area (Å²) in [4.78, 5) is 86.6. The zero-order chi connectivity index (χ0) is 37.8. The second-order valence-electron chi connectivity index (χ2n) is 11.0. The van der Waals surface area contributed by atoms with Crippen molar-refractivity contribution in [2.24, 2.45) is 0 Å². The summed E-state index contributed by atoms with van der Waals surface area (Å²) in [5, 5.41) is 8.74. The molecule has 0 saturated carbocycles. The Bertz CT molecular complexity index is 1560. The van der Waals surface area contributed by atoms with Gasteiger partial charge in [0, 0.05) is 48.5 Å². The van der Waals surface area contributed by atoms with Crippen LogP contribution in [-0.4, -0.2) is 113 Å². The number of esters is 7. The highest BCUT2D eigenvalue weighted by Crippen LogP contribution is 2.35. The van der Waals surface area contributed by atoms with E-state index in [1.807, 2.05) is 0 Å². The van der Waals surface area contributed by atoms with Crippen LogP contribution in [0.15, 0.2) is 36.5 Å². The molecule has 278 valence electrons. The second-order valence-corrected chi connectivity index (χ2v) is 11.0. The molecule has 0 amide bonds. The quantitative estimate of drug-likeness (QED) is 0.183. The van der Waals surface area contributed by atoms with Crippen LogP contribution in [0, 0.1) is 0 Å². The van der Waals surface area contributed by atoms with E-state index in [0.29, 0.717) is 5.69 Å². The minimum absolute atomic E-state index is 0.0714. The Morgan fingerprint density at radius 3 is 1.82 bits per heavy atom. The van der Waals surface area contributed by atoms with Crippen molar-refractivity contribution in [3.8, 4) is 5.69 Å². The fourth-order valence-corrected chi connectivity index (χ4v) is 4.98. The van der Waals surface area contributed by atoms with E-state index in [2.05, 4.69) is 10.2 Å². The van der Waals surface area contributed by atoms with Crippen LogP contribution in [-0.2, 0) is 76.2 Å². The lowest BCUT2D eigenvalue weighted by atomic mass is 9.97. The van der Waals surface area contributed by atoms with E-state index in [-0.39, 0.29) is 5.69 Å². The Morgan fingerprint density at radius 2 is 1.27 bits per heavy atom. The highest BCUT2D eigenvalue weighted by molar-refractivity contribution is 5.69. The molecule has 1 fully saturated rings. The summed E-state index contributed by atoms with van der Waals surface area (Å²) in [5.74, 6) is -5.92. The van der Waals surface area contributed by atoms with Crippen molar-refractivity contribution in [2.45, 2.75) is 97.5 Å². The van der Waals surface area contributed by atoms with Gasteiger partial charge in [0.2, 0.25) is 0 Å². The number of carbonyl (C=O) groups excluding carboxylic acids is 7. The molecule has 3 rings (SSSR count). The van der Waals surface area contributed by atoms with Crippen molar-refractivity contribution in [3.63, 3.8) is 0 Å². The topological polar surface area (TPSA) is 233 Å². The van der Waals surface area contributed by atoms with Crippen LogP contribution in [0.5, 0.6) is 0 Å². The van der Waals surface area contributed by atoms with Crippen LogP contribution < -0.4 is 0 Å². The zero-order valence-electron chi connectivity index (χ0n) is 28.9. The molecular weight excluding hydrogens is 682 g/mol. The number of nitrogens with zero attached hydrogens (tertiary/aromatic N) is 3. The van der Waals surface area contributed by atoms with Gasteiger partial charge in [0.25, 0.3) is 0 Å². The molecule has 51 heavy (non-hydrogen) atoms. The molecule has 1 saturated heterocycles. The van der Waals surface area contributed by atoms with Crippen molar-refractivity contribution < 1.29 is 76.2 Å². The third-order valence-corrected chi connectivity index (χ3v) is 6.75. The minimum Gasteiger partial charge on any atom is -0.463 e. The lowest BCUT2D eigenvalue weighted by Gasteiger charge is -2.45. The summed E-state index contributed by atoms with van der Waals surface area (Å²) in [6.45, 7) is 6.27. The maximum atomic E-state index is 12.5. The molecular formula is C32H39N3O16. The number of ether oxygens (including phenoxy) is 9. The van der Waals surface area contributed by atoms with Crippen LogP contribution in [0.25, 0.3) is 5.69 Å². The fraction of sp³-hybridized carbons (Fsp3) is 0.531. The van der Waals surface area contributed by atoms with E-state index < -0.39 is 104 Å². The van der Waals surface area contributed by atoms with E-state index in [1.54, 1.807) is 30.3 Å². The van der Waals surface area contributed by atoms with Gasteiger partial charge in [-0.1, -0.05) is 18.2 Å². The van der Waals surface area contributed by atoms with Crippen molar-refractivity contribution >= 4 is 41.8 Å². The Kier molecular flexibility index (Phi) is 14.5. The van der Waals surface area contributed by atoms with E-state index in [1.165, 1.54) is 11.0 Å². The van der Waals surface area contributed by atoms with Crippen LogP contribution in [0.2, 0.25) is 0 Å². The monoisotopic (exact) mass is 721 g/mol. The summed E-state index contributed by atoms with van der Waals surface area (Å²) in [7, 11) is 0. The minimum atomic E-state index is -1.80. The molecule has 0 N–H and O–H groups in total. The normalized spacial score (nSPS) is 21.5. The molecule has 19 heteroatoms. The van der Waals surface area contributed by atoms with Crippen molar-refractivity contribution in [1.82, 2.24) is 15.0 Å². The van der Waals surface area contributed by atoms with Crippen LogP contribution >= 0.6 is 0 Å². The summed E-state index contributed by atoms with van der Waals surface area (Å²) >= 11 is 0. The van der Waals surface area contributed by atoms with Gasteiger partial charge in [-0.15, -0.1) is 0 Å². The molecule has 0 aliphatic carbocycles. The second kappa shape index (κ2) is 18.5. The number of para-hydroxylation sites is 1. The van der Waals surface area contributed by atoms with Crippen LogP contribution in [0.4, 0.5) is 0 Å². The van der Waals surface area contributed by atoms with Gasteiger partial charge >= 0.3 is 41.8 Å². The lowest BCUT2D eigenvalue weighted by Crippen LogP contribution is -2.63. The number of aromatic nitrogens is 3. The Morgan fingerprint density at radius 1 is 0.706 bits per heavy atom. The van der Waals surface area contributed by atoms with E-state index >= 15 is 0 Å². The highest BCUT2D eigenvalue weighted by Gasteiger charge is 2.54. The predicted molar refractivity (Wildman–Crippen MR) is 165 cm³/mol. The summed E-state index contributed by atoms with van der Waals surface area (Å²) in [6.07, 6.45) is -11.6. The SMILES string of the molecule is CC(=O)OCC(OC(C)=O)C(OC(C)=O)C(O[C@@H]1O[C@H](COC(C)=O)[C@@H](OC(C)=O)[C@H](OC(C)=O)[C@H]1OC(C)=O)c1cnn(-c2ccccc2)n1. The molecule has 1 aliphatic rings. The van der Waals surface area contributed by atoms with Crippen molar-refractivity contribution in [3.05, 3.63) is 42.2 Å². The summed E-state index contributed by atoms with van der Waals surface area (Å²) < 4.78 is 50.2. The Labute approximate surface area is 291 Å². The first-order chi connectivity index (χ1) is 24.0. The smallest absolute Gasteiger partial charge is 0.303 e. The maximum Gasteiger partial charge on any atom is 0.303 e. The molecule has 19 nitrogen and oxygen atoms in total. The Hall–Kier alpha value is -5.43. The number of hydrogen-bond acceptors (Lipinski definition) is 18. The van der Waals surface area contributed by atoms with Gasteiger partial charge in [-0.25, -0.2) is 0 Å². The van der Waals surface area contributed by atoms with Crippen molar-refractivity contribution in [2.75, 3.05) is 13.2 Å². The van der Waals surface area contributed by atoms with E-state index in [4.69, 9.17) is 42.6 Å². The van der Waals surface area contributed by atoms with E-state index in [0.717, 1.165) is 48.5 Å². The largest absolute Gasteiger partial charge is 0.463 e. The number of hydrogen-bond donors (Lipinski definition) is 0. The molecule has 0 bridgehead atoms. The molecule has 3 unspecified atom stereocenters. The van der Waals surface area contributed by atoms with Crippen LogP contribution in [0.3, 0.4) is 0 Å². The molecule has 2 aromatic rings. The first kappa shape index (κ1) is 40.0. The maximum absolute atomic E-state index is 12.5. The number of benzene rings is 1. The van der Waals surface area contributed by atoms with E-state index in [9.17, 15) is 33.6 Å². The summed E-state index contributed by atoms with van der Waals surface area (Å²) in [6, 6.07) is 8.58. The van der Waals surface area contributed by atoms with Gasteiger partial charge in [0.05, 0.1) is 11.9 Å². The zero-order valence-corrected chi connectivity index (χ0v) is 28.9. The first-order valence-corrected chi connectivity index (χ1v) is 15.5. The molecule has 0 spiro atoms. The lowest BCUT2D eigenvalue weighted by molar-refractivity contribution is -0.326. The van der Waals surface area contributed by atoms with Gasteiger partial charge in [-0.05, 0) is 12.1 Å². The number of rotatable bonds is 15. The third-order valence-electron chi connectivity index (χ3n) is 6.75. The van der Waals surface area contributed by atoms with Gasteiger partial charge in [0.1, 0.15) is 31.1 Å². The molecule has 1 aromatic heterocycles. The average Bonchev–Trinajstić information content (AvgIpc) is 3.52. The van der Waals surface area contributed by atoms with Gasteiger partial charge in [-0.3, -0.25) is 33.6 Å². The molecule has 8 atom stereocenters. The average molecular weight is 722 g/mol. The Balaban J connectivity index is 2.25. The standard InChI is InChI=1S/C32H39N3O16/c1-16(36)43-14-25(45-18(3)38)28(46-19(4)39)27(24-13-33-35(34-24)23-11-9-8-10-12-23)51-32-31(49-22(7)42)30(48-21(6)41)29(47-20(5)40)26(50-32)15-44-17(2)37/h8-13,25-32H,14-15H2,1-7H3/t25?,26-,27?,28?,29-,30+,31-,32+/m1/s1. The van der Waals surface area contributed by atoms with Gasteiger partial charge in [0.15, 0.2) is 36.8 Å². The molecule has 0 radical (unpaired) electrons. The number of carbonyl (C=O) groups is 7. The van der Waals surface area contributed by atoms with Gasteiger partial charge < -0.3 is 42.6 Å². The first-order valence-electron chi connectivity index (χ1n) is 15.5. The third kappa shape index (κ3) is 12.1. The van der Waals surface area contributed by atoms with Gasteiger partial charge in [-0.2, -0.15) is 15.0 Å². The summed E-state index contributed by atoms with van der Waals surface area (Å²) in [5.41, 5.74) is 0.424. The fourth-order valence-electron chi connectivity index (χ4n) is 4.98. The van der Waals surface area contributed by atoms with Crippen LogP contribution in [0.1, 0.15) is 60.3 Å². The molecule has 1 aliphatic heterocycles. The highest BCUT2D eigenvalue weighted by atomic mass is 16.7. The molecule has 2 heterocycles. The predicted octanol–water partition coefficient (Wildman–Crippen LogP) is 0.835.